The Morgan fingerprint density at radius 2 is 1.02 bits per heavy atom. The normalized spacial score (nSPS) is 26.5. The van der Waals surface area contributed by atoms with Gasteiger partial charge in [-0.25, -0.2) is 0 Å². The van der Waals surface area contributed by atoms with Crippen LogP contribution in [-0.2, 0) is 5.41 Å². The molecular formula is C40H33BO2. The fourth-order valence-electron chi connectivity index (χ4n) is 11.0. The van der Waals surface area contributed by atoms with Crippen molar-refractivity contribution in [2.75, 3.05) is 0 Å². The zero-order valence-electron chi connectivity index (χ0n) is 24.1. The lowest BCUT2D eigenvalue weighted by Gasteiger charge is -2.61. The molecule has 2 nitrogen and oxygen atoms in total. The highest BCUT2D eigenvalue weighted by molar-refractivity contribution is 6.66. The van der Waals surface area contributed by atoms with E-state index in [4.69, 9.17) is 0 Å². The van der Waals surface area contributed by atoms with Gasteiger partial charge < -0.3 is 10.0 Å². The number of benzene rings is 6. The average Bonchev–Trinajstić information content (AvgIpc) is 3.33. The molecule has 11 rings (SSSR count). The minimum Gasteiger partial charge on any atom is -0.423 e. The van der Waals surface area contributed by atoms with Gasteiger partial charge in [-0.15, -0.1) is 0 Å². The van der Waals surface area contributed by atoms with E-state index in [1.165, 1.54) is 65.1 Å². The Morgan fingerprint density at radius 1 is 0.488 bits per heavy atom. The molecule has 4 fully saturated rings. The van der Waals surface area contributed by atoms with Gasteiger partial charge in [0.05, 0.1) is 0 Å². The monoisotopic (exact) mass is 556 g/mol. The lowest BCUT2D eigenvalue weighted by Crippen LogP contribution is -2.55. The molecular weight excluding hydrogens is 523 g/mol. The van der Waals surface area contributed by atoms with Crippen LogP contribution in [0.4, 0.5) is 0 Å². The largest absolute Gasteiger partial charge is 0.489 e. The van der Waals surface area contributed by atoms with Gasteiger partial charge in [0, 0.05) is 5.41 Å². The summed E-state index contributed by atoms with van der Waals surface area (Å²) < 4.78 is 0. The van der Waals surface area contributed by atoms with Crippen LogP contribution in [-0.4, -0.2) is 17.2 Å². The first-order valence-electron chi connectivity index (χ1n) is 16.1. The second-order valence-electron chi connectivity index (χ2n) is 13.9. The van der Waals surface area contributed by atoms with Crippen molar-refractivity contribution in [1.29, 1.82) is 0 Å². The Labute approximate surface area is 252 Å². The van der Waals surface area contributed by atoms with E-state index in [2.05, 4.69) is 91.0 Å². The zero-order valence-corrected chi connectivity index (χ0v) is 24.1. The van der Waals surface area contributed by atoms with Gasteiger partial charge in [-0.1, -0.05) is 103 Å². The Morgan fingerprint density at radius 3 is 1.65 bits per heavy atom. The SMILES string of the molecule is OB(O)c1c2ccccc2c(-c2cccc3c2C2(c4c-3ccc3ccccc43)C3CC4CC(C3)CC2C4)c2ccccc12. The molecule has 5 aliphatic carbocycles. The molecule has 0 amide bonds. The lowest BCUT2D eigenvalue weighted by molar-refractivity contribution is -0.0391. The van der Waals surface area contributed by atoms with Crippen LogP contribution in [0.15, 0.2) is 103 Å². The number of hydrogen-bond acceptors (Lipinski definition) is 2. The van der Waals surface area contributed by atoms with Crippen LogP contribution >= 0.6 is 0 Å². The van der Waals surface area contributed by atoms with Crippen molar-refractivity contribution in [1.82, 2.24) is 0 Å². The maximum atomic E-state index is 10.6. The van der Waals surface area contributed by atoms with E-state index in [0.717, 1.165) is 33.4 Å². The molecule has 5 aliphatic rings. The van der Waals surface area contributed by atoms with Crippen molar-refractivity contribution >= 4 is 44.9 Å². The van der Waals surface area contributed by atoms with Crippen molar-refractivity contribution in [3.63, 3.8) is 0 Å². The van der Waals surface area contributed by atoms with Gasteiger partial charge in [-0.05, 0) is 127 Å². The van der Waals surface area contributed by atoms with Gasteiger partial charge in [0.2, 0.25) is 0 Å². The highest BCUT2D eigenvalue weighted by Crippen LogP contribution is 2.71. The van der Waals surface area contributed by atoms with E-state index in [1.807, 2.05) is 12.1 Å². The van der Waals surface area contributed by atoms with Gasteiger partial charge in [-0.2, -0.15) is 0 Å². The summed E-state index contributed by atoms with van der Waals surface area (Å²) >= 11 is 0. The fourth-order valence-corrected chi connectivity index (χ4v) is 11.0. The van der Waals surface area contributed by atoms with E-state index < -0.39 is 7.12 Å². The van der Waals surface area contributed by atoms with Gasteiger partial charge in [0.15, 0.2) is 0 Å². The molecule has 3 heteroatoms. The second-order valence-corrected chi connectivity index (χ2v) is 13.9. The lowest BCUT2D eigenvalue weighted by atomic mass is 9.42. The molecule has 208 valence electrons. The van der Waals surface area contributed by atoms with Crippen LogP contribution in [0.25, 0.3) is 54.6 Å². The molecule has 0 saturated heterocycles. The second kappa shape index (κ2) is 8.59. The first kappa shape index (κ1) is 24.5. The van der Waals surface area contributed by atoms with E-state index in [0.29, 0.717) is 17.3 Å². The molecule has 4 bridgehead atoms. The van der Waals surface area contributed by atoms with Crippen LogP contribution < -0.4 is 5.46 Å². The van der Waals surface area contributed by atoms with Gasteiger partial charge >= 0.3 is 7.12 Å². The van der Waals surface area contributed by atoms with E-state index >= 15 is 0 Å². The third kappa shape index (κ3) is 3.02. The first-order valence-corrected chi connectivity index (χ1v) is 16.1. The molecule has 0 aliphatic heterocycles. The molecule has 2 N–H and O–H groups in total. The quantitative estimate of drug-likeness (QED) is 0.167. The van der Waals surface area contributed by atoms with Crippen molar-refractivity contribution in [3.8, 4) is 22.3 Å². The van der Waals surface area contributed by atoms with E-state index in [1.54, 1.807) is 11.1 Å². The standard InChI is InChI=1S/C40H33BO2/c42-41(43)39-33-12-5-3-10-29(33)36(30-11-4-6-13-34(30)39)35-15-7-14-31-32-17-16-25-8-1-2-9-28(25)37(32)40(38(31)35)26-19-23-18-24(21-26)22-27(40)20-23/h1-17,23-24,26-27,42-43H,18-22H2. The first-order chi connectivity index (χ1) is 21.1. The summed E-state index contributed by atoms with van der Waals surface area (Å²) in [4.78, 5) is 0. The smallest absolute Gasteiger partial charge is 0.423 e. The maximum Gasteiger partial charge on any atom is 0.489 e. The molecule has 0 heterocycles. The number of hydrogen-bond donors (Lipinski definition) is 2. The predicted octanol–water partition coefficient (Wildman–Crippen LogP) is 8.22. The summed E-state index contributed by atoms with van der Waals surface area (Å²) in [5.41, 5.74) is 9.13. The number of fused-ring (bicyclic) bond motifs is 7. The zero-order chi connectivity index (χ0) is 28.4. The molecule has 0 atom stereocenters. The average molecular weight is 557 g/mol. The third-order valence-electron chi connectivity index (χ3n) is 12.0. The Kier molecular flexibility index (Phi) is 4.90. The summed E-state index contributed by atoms with van der Waals surface area (Å²) in [6.45, 7) is 0. The summed E-state index contributed by atoms with van der Waals surface area (Å²) in [7, 11) is -1.54. The Bertz CT molecular complexity index is 2060. The van der Waals surface area contributed by atoms with Crippen molar-refractivity contribution in [2.45, 2.75) is 37.5 Å². The van der Waals surface area contributed by atoms with Gasteiger partial charge in [0.1, 0.15) is 0 Å². The molecule has 1 spiro atoms. The van der Waals surface area contributed by atoms with Crippen LogP contribution in [0, 0.1) is 23.7 Å². The highest BCUT2D eigenvalue weighted by Gasteiger charge is 2.62. The molecule has 0 aromatic heterocycles. The topological polar surface area (TPSA) is 40.5 Å². The highest BCUT2D eigenvalue weighted by atomic mass is 16.4. The molecule has 0 unspecified atom stereocenters. The summed E-state index contributed by atoms with van der Waals surface area (Å²) in [5.74, 6) is 3.03. The van der Waals surface area contributed by atoms with E-state index in [9.17, 15) is 10.0 Å². The van der Waals surface area contributed by atoms with Crippen molar-refractivity contribution < 1.29 is 10.0 Å². The summed E-state index contributed by atoms with van der Waals surface area (Å²) in [6.07, 6.45) is 6.77. The molecule has 43 heavy (non-hydrogen) atoms. The summed E-state index contributed by atoms with van der Waals surface area (Å²) in [6, 6.07) is 37.6. The van der Waals surface area contributed by atoms with Crippen LogP contribution in [0.2, 0.25) is 0 Å². The fraction of sp³-hybridized carbons (Fsp3) is 0.250. The molecule has 6 aromatic rings. The van der Waals surface area contributed by atoms with Crippen LogP contribution in [0.1, 0.15) is 43.2 Å². The molecule has 4 saturated carbocycles. The predicted molar refractivity (Wildman–Crippen MR) is 177 cm³/mol. The third-order valence-corrected chi connectivity index (χ3v) is 12.0. The minimum absolute atomic E-state index is 0.00703. The van der Waals surface area contributed by atoms with Crippen LogP contribution in [0.3, 0.4) is 0 Å². The number of rotatable bonds is 2. The van der Waals surface area contributed by atoms with Crippen molar-refractivity contribution in [2.24, 2.45) is 23.7 Å². The van der Waals surface area contributed by atoms with Gasteiger partial charge in [0.25, 0.3) is 0 Å². The molecule has 6 aromatic carbocycles. The van der Waals surface area contributed by atoms with Gasteiger partial charge in [-0.3, -0.25) is 0 Å². The Balaban J connectivity index is 1.38. The Hall–Kier alpha value is -3.92. The molecule has 0 radical (unpaired) electrons. The minimum atomic E-state index is -1.54. The summed E-state index contributed by atoms with van der Waals surface area (Å²) in [5, 5.41) is 28.1. The van der Waals surface area contributed by atoms with Crippen molar-refractivity contribution in [3.05, 3.63) is 114 Å². The van der Waals surface area contributed by atoms with Crippen LogP contribution in [0.5, 0.6) is 0 Å². The maximum absolute atomic E-state index is 10.6. The van der Waals surface area contributed by atoms with E-state index in [-0.39, 0.29) is 5.41 Å².